The number of rotatable bonds is 7. The van der Waals surface area contributed by atoms with Crippen molar-refractivity contribution in [3.63, 3.8) is 0 Å². The Hall–Kier alpha value is -4.06. The molecule has 0 N–H and O–H groups in total. The molecule has 5 rings (SSSR count). The molecular weight excluding hydrogens is 410 g/mol. The summed E-state index contributed by atoms with van der Waals surface area (Å²) in [6, 6.07) is 28.1. The molecule has 3 aromatic carbocycles. The molecule has 0 aliphatic heterocycles. The number of aryl methyl sites for hydroxylation is 2. The highest BCUT2D eigenvalue weighted by Gasteiger charge is 2.21. The van der Waals surface area contributed by atoms with Gasteiger partial charge in [-0.3, -0.25) is 9.48 Å². The number of aromatic nitrogens is 5. The normalized spacial score (nSPS) is 12.2. The zero-order valence-corrected chi connectivity index (χ0v) is 18.5. The second kappa shape index (κ2) is 9.20. The molecule has 1 atom stereocenters. The maximum absolute atomic E-state index is 13.3. The van der Waals surface area contributed by atoms with Crippen molar-refractivity contribution < 1.29 is 0 Å². The van der Waals surface area contributed by atoms with E-state index in [1.54, 1.807) is 4.57 Å². The third-order valence-electron chi connectivity index (χ3n) is 6.03. The number of benzene rings is 3. The van der Waals surface area contributed by atoms with Gasteiger partial charge >= 0.3 is 0 Å². The number of fused-ring (bicyclic) bond motifs is 1. The van der Waals surface area contributed by atoms with Crippen molar-refractivity contribution in [2.24, 2.45) is 7.05 Å². The van der Waals surface area contributed by atoms with E-state index >= 15 is 0 Å². The third kappa shape index (κ3) is 4.46. The van der Waals surface area contributed by atoms with Crippen molar-refractivity contribution in [3.8, 4) is 11.3 Å². The zero-order chi connectivity index (χ0) is 22.6. The minimum Gasteiger partial charge on any atom is -0.308 e. The average molecular weight is 436 g/mol. The molecule has 2 aromatic heterocycles. The van der Waals surface area contributed by atoms with Gasteiger partial charge in [-0.2, -0.15) is 0 Å². The quantitative estimate of drug-likeness (QED) is 0.375. The number of para-hydroxylation sites is 2. The second-order valence-corrected chi connectivity index (χ2v) is 8.26. The van der Waals surface area contributed by atoms with Crippen molar-refractivity contribution in [2.75, 3.05) is 0 Å². The molecule has 0 aliphatic carbocycles. The van der Waals surface area contributed by atoms with E-state index < -0.39 is 0 Å². The first-order valence-electron chi connectivity index (χ1n) is 11.1. The molecule has 0 bridgehead atoms. The molecule has 0 saturated heterocycles. The molecule has 0 spiro atoms. The van der Waals surface area contributed by atoms with Crippen molar-refractivity contribution in [3.05, 3.63) is 113 Å². The molecule has 0 unspecified atom stereocenters. The third-order valence-corrected chi connectivity index (χ3v) is 6.03. The van der Waals surface area contributed by atoms with Crippen LogP contribution in [0.5, 0.6) is 0 Å². The van der Waals surface area contributed by atoms with Crippen LogP contribution >= 0.6 is 0 Å². The van der Waals surface area contributed by atoms with Gasteiger partial charge in [0.1, 0.15) is 11.4 Å². The van der Waals surface area contributed by atoms with Gasteiger partial charge in [0.05, 0.1) is 23.8 Å². The summed E-state index contributed by atoms with van der Waals surface area (Å²) in [6.07, 6.45) is 3.57. The highest BCUT2D eigenvalue weighted by Crippen LogP contribution is 2.23. The standard InChI is InChI=1S/C27H25N5O/c1-31-25-15-9-8-14-23(25)28-26(27(31)33)22(17-16-20-10-4-2-5-11-20)18-32-19-24(29-30-32)21-12-6-3-7-13-21/h2-15,19,22H,16-18H2,1H3/t22-/m1/s1. The summed E-state index contributed by atoms with van der Waals surface area (Å²) in [6.45, 7) is 0.535. The smallest absolute Gasteiger partial charge is 0.272 e. The fraction of sp³-hybridized carbons (Fsp3) is 0.185. The van der Waals surface area contributed by atoms with Crippen molar-refractivity contribution in [1.29, 1.82) is 0 Å². The highest BCUT2D eigenvalue weighted by atomic mass is 16.1. The van der Waals surface area contributed by atoms with E-state index in [0.717, 1.165) is 35.1 Å². The first kappa shape index (κ1) is 20.8. The number of nitrogens with zero attached hydrogens (tertiary/aromatic N) is 5. The molecule has 6 heteroatoms. The largest absolute Gasteiger partial charge is 0.308 e. The van der Waals surface area contributed by atoms with Crippen LogP contribution in [0.15, 0.2) is 95.9 Å². The zero-order valence-electron chi connectivity index (χ0n) is 18.5. The predicted molar refractivity (Wildman–Crippen MR) is 130 cm³/mol. The van der Waals surface area contributed by atoms with Gasteiger partial charge < -0.3 is 4.57 Å². The van der Waals surface area contributed by atoms with Crippen LogP contribution < -0.4 is 5.56 Å². The Morgan fingerprint density at radius 1 is 0.879 bits per heavy atom. The Balaban J connectivity index is 1.50. The fourth-order valence-electron chi connectivity index (χ4n) is 4.22. The first-order valence-corrected chi connectivity index (χ1v) is 11.1. The Labute approximate surface area is 192 Å². The summed E-state index contributed by atoms with van der Waals surface area (Å²) in [5.41, 5.74) is 5.24. The topological polar surface area (TPSA) is 65.6 Å². The van der Waals surface area contributed by atoms with Gasteiger partial charge in [-0.05, 0) is 30.5 Å². The summed E-state index contributed by atoms with van der Waals surface area (Å²) >= 11 is 0. The summed E-state index contributed by atoms with van der Waals surface area (Å²) < 4.78 is 3.53. The van der Waals surface area contributed by atoms with Crippen molar-refractivity contribution in [2.45, 2.75) is 25.3 Å². The van der Waals surface area contributed by atoms with Gasteiger partial charge in [-0.15, -0.1) is 5.10 Å². The molecule has 0 fully saturated rings. The maximum atomic E-state index is 13.3. The monoisotopic (exact) mass is 435 g/mol. The van der Waals surface area contributed by atoms with Crippen LogP contribution in [-0.2, 0) is 20.0 Å². The molecule has 5 aromatic rings. The second-order valence-electron chi connectivity index (χ2n) is 8.26. The van der Waals surface area contributed by atoms with Crippen LogP contribution in [0, 0.1) is 0 Å². The van der Waals surface area contributed by atoms with Gasteiger partial charge in [0, 0.05) is 18.5 Å². The van der Waals surface area contributed by atoms with E-state index in [1.807, 2.05) is 90.7 Å². The lowest BCUT2D eigenvalue weighted by Crippen LogP contribution is -2.27. The summed E-state index contributed by atoms with van der Waals surface area (Å²) in [5, 5.41) is 8.71. The van der Waals surface area contributed by atoms with Crippen LogP contribution in [0.1, 0.15) is 23.6 Å². The van der Waals surface area contributed by atoms with Crippen molar-refractivity contribution >= 4 is 11.0 Å². The Bertz CT molecular complexity index is 1420. The van der Waals surface area contributed by atoms with Crippen LogP contribution in [0.3, 0.4) is 0 Å². The minimum absolute atomic E-state index is 0.0600. The molecule has 0 amide bonds. The molecule has 33 heavy (non-hydrogen) atoms. The molecule has 0 radical (unpaired) electrons. The maximum Gasteiger partial charge on any atom is 0.272 e. The van der Waals surface area contributed by atoms with Gasteiger partial charge in [0.25, 0.3) is 5.56 Å². The first-order chi connectivity index (χ1) is 16.2. The summed E-state index contributed by atoms with van der Waals surface area (Å²) in [4.78, 5) is 18.1. The van der Waals surface area contributed by atoms with Crippen LogP contribution in [0.25, 0.3) is 22.3 Å². The fourth-order valence-corrected chi connectivity index (χ4v) is 4.22. The van der Waals surface area contributed by atoms with E-state index in [1.165, 1.54) is 5.56 Å². The average Bonchev–Trinajstić information content (AvgIpc) is 3.34. The Morgan fingerprint density at radius 2 is 1.58 bits per heavy atom. The van der Waals surface area contributed by atoms with Gasteiger partial charge in [0.2, 0.25) is 0 Å². The van der Waals surface area contributed by atoms with Crippen LogP contribution in [0.2, 0.25) is 0 Å². The number of hydrogen-bond donors (Lipinski definition) is 0. The van der Waals surface area contributed by atoms with E-state index in [4.69, 9.17) is 4.98 Å². The lowest BCUT2D eigenvalue weighted by Gasteiger charge is -2.18. The van der Waals surface area contributed by atoms with Gasteiger partial charge in [-0.25, -0.2) is 4.98 Å². The molecule has 6 nitrogen and oxygen atoms in total. The van der Waals surface area contributed by atoms with E-state index in [9.17, 15) is 4.79 Å². The molecular formula is C27H25N5O. The predicted octanol–water partition coefficient (Wildman–Crippen LogP) is 4.61. The Kier molecular flexibility index (Phi) is 5.81. The lowest BCUT2D eigenvalue weighted by atomic mass is 9.96. The Morgan fingerprint density at radius 3 is 2.36 bits per heavy atom. The summed E-state index contributed by atoms with van der Waals surface area (Å²) in [7, 11) is 1.81. The highest BCUT2D eigenvalue weighted by molar-refractivity contribution is 5.74. The van der Waals surface area contributed by atoms with Gasteiger partial charge in [0.15, 0.2) is 0 Å². The van der Waals surface area contributed by atoms with Crippen LogP contribution in [-0.4, -0.2) is 24.5 Å². The molecule has 0 saturated carbocycles. The molecule has 2 heterocycles. The minimum atomic E-state index is -0.0983. The van der Waals surface area contributed by atoms with E-state index in [2.05, 4.69) is 22.4 Å². The van der Waals surface area contributed by atoms with E-state index in [0.29, 0.717) is 12.2 Å². The molecule has 164 valence electrons. The molecule has 0 aliphatic rings. The lowest BCUT2D eigenvalue weighted by molar-refractivity contribution is 0.466. The van der Waals surface area contributed by atoms with Crippen molar-refractivity contribution in [1.82, 2.24) is 24.5 Å². The number of hydrogen-bond acceptors (Lipinski definition) is 4. The summed E-state index contributed by atoms with van der Waals surface area (Å²) in [5.74, 6) is -0.0983. The van der Waals surface area contributed by atoms with E-state index in [-0.39, 0.29) is 11.5 Å². The van der Waals surface area contributed by atoms with Gasteiger partial charge in [-0.1, -0.05) is 78.0 Å². The van der Waals surface area contributed by atoms with Crippen LogP contribution in [0.4, 0.5) is 0 Å². The SMILES string of the molecule is Cn1c(=O)c([C@H](CCc2ccccc2)Cn2cc(-c3ccccc3)nn2)nc2ccccc21.